The van der Waals surface area contributed by atoms with E-state index in [9.17, 15) is 4.79 Å². The molecular formula is C13H16N4O. The minimum absolute atomic E-state index is 0.0193. The first-order chi connectivity index (χ1) is 8.81. The highest BCUT2D eigenvalue weighted by Crippen LogP contribution is 2.20. The Hall–Kier alpha value is -2.09. The molecule has 1 amide bonds. The lowest BCUT2D eigenvalue weighted by Gasteiger charge is -2.32. The molecule has 0 aromatic carbocycles. The van der Waals surface area contributed by atoms with Crippen LogP contribution < -0.4 is 10.2 Å². The van der Waals surface area contributed by atoms with Gasteiger partial charge in [-0.25, -0.2) is 4.98 Å². The third-order valence-corrected chi connectivity index (χ3v) is 3.03. The fraction of sp³-hybridized carbons (Fsp3) is 0.462. The van der Waals surface area contributed by atoms with Crippen LogP contribution in [0.25, 0.3) is 0 Å². The molecule has 1 aromatic heterocycles. The second-order valence-corrected chi connectivity index (χ2v) is 4.27. The van der Waals surface area contributed by atoms with Crippen LogP contribution in [0.3, 0.4) is 0 Å². The highest BCUT2D eigenvalue weighted by atomic mass is 16.1. The molecule has 0 saturated carbocycles. The molecule has 1 atom stereocenters. The average molecular weight is 244 g/mol. The second kappa shape index (κ2) is 6.01. The van der Waals surface area contributed by atoms with Gasteiger partial charge in [0.2, 0.25) is 5.91 Å². The van der Waals surface area contributed by atoms with Gasteiger partial charge in [-0.05, 0) is 12.8 Å². The molecule has 1 saturated heterocycles. The Bertz CT molecular complexity index is 440. The number of carbonyl (C=O) groups excluding carboxylic acids is 1. The van der Waals surface area contributed by atoms with Crippen LogP contribution in [-0.4, -0.2) is 35.5 Å². The third-order valence-electron chi connectivity index (χ3n) is 3.03. The Morgan fingerprint density at radius 1 is 1.61 bits per heavy atom. The van der Waals surface area contributed by atoms with Crippen molar-refractivity contribution in [2.45, 2.75) is 12.8 Å². The van der Waals surface area contributed by atoms with Gasteiger partial charge in [0.05, 0.1) is 18.7 Å². The lowest BCUT2D eigenvalue weighted by Crippen LogP contribution is -2.43. The van der Waals surface area contributed by atoms with Crippen LogP contribution in [0.5, 0.6) is 0 Å². The van der Waals surface area contributed by atoms with Gasteiger partial charge in [-0.15, -0.1) is 6.42 Å². The van der Waals surface area contributed by atoms with Gasteiger partial charge in [-0.2, -0.15) is 0 Å². The first-order valence-corrected chi connectivity index (χ1v) is 6.03. The molecule has 2 heterocycles. The predicted molar refractivity (Wildman–Crippen MR) is 68.8 cm³/mol. The summed E-state index contributed by atoms with van der Waals surface area (Å²) >= 11 is 0. The van der Waals surface area contributed by atoms with Crippen LogP contribution in [0.4, 0.5) is 5.82 Å². The quantitative estimate of drug-likeness (QED) is 0.784. The maximum atomic E-state index is 11.9. The number of carbonyl (C=O) groups is 1. The molecule has 0 spiro atoms. The molecule has 18 heavy (non-hydrogen) atoms. The number of amides is 1. The summed E-state index contributed by atoms with van der Waals surface area (Å²) in [6, 6.07) is 0. The maximum absolute atomic E-state index is 11.9. The molecule has 5 nitrogen and oxygen atoms in total. The fourth-order valence-corrected chi connectivity index (χ4v) is 2.14. The normalized spacial score (nSPS) is 19.1. The number of nitrogens with one attached hydrogen (secondary N) is 1. The summed E-state index contributed by atoms with van der Waals surface area (Å²) in [5, 5.41) is 2.74. The van der Waals surface area contributed by atoms with Crippen molar-refractivity contribution in [3.05, 3.63) is 18.6 Å². The third kappa shape index (κ3) is 2.98. The summed E-state index contributed by atoms with van der Waals surface area (Å²) in [5.74, 6) is 3.25. The first-order valence-electron chi connectivity index (χ1n) is 6.03. The minimum Gasteiger partial charge on any atom is -0.355 e. The van der Waals surface area contributed by atoms with E-state index in [1.54, 1.807) is 18.6 Å². The van der Waals surface area contributed by atoms with Gasteiger partial charge in [-0.3, -0.25) is 9.78 Å². The zero-order valence-corrected chi connectivity index (χ0v) is 10.2. The van der Waals surface area contributed by atoms with E-state index in [-0.39, 0.29) is 11.8 Å². The molecule has 1 unspecified atom stereocenters. The molecule has 0 radical (unpaired) electrons. The van der Waals surface area contributed by atoms with E-state index in [1.165, 1.54) is 0 Å². The van der Waals surface area contributed by atoms with Crippen LogP contribution in [0.2, 0.25) is 0 Å². The van der Waals surface area contributed by atoms with E-state index >= 15 is 0 Å². The number of hydrogen-bond acceptors (Lipinski definition) is 4. The molecule has 1 N–H and O–H groups in total. The summed E-state index contributed by atoms with van der Waals surface area (Å²) in [6.07, 6.45) is 12.0. The minimum atomic E-state index is -0.0193. The van der Waals surface area contributed by atoms with Crippen molar-refractivity contribution in [3.8, 4) is 12.3 Å². The maximum Gasteiger partial charge on any atom is 0.225 e. The molecule has 5 heteroatoms. The van der Waals surface area contributed by atoms with Crippen molar-refractivity contribution in [2.75, 3.05) is 24.5 Å². The Kier molecular flexibility index (Phi) is 4.13. The zero-order valence-electron chi connectivity index (χ0n) is 10.2. The van der Waals surface area contributed by atoms with Crippen molar-refractivity contribution >= 4 is 11.7 Å². The molecular weight excluding hydrogens is 228 g/mol. The van der Waals surface area contributed by atoms with E-state index < -0.39 is 0 Å². The van der Waals surface area contributed by atoms with Crippen LogP contribution in [0.1, 0.15) is 12.8 Å². The number of piperidine rings is 1. The van der Waals surface area contributed by atoms with Gasteiger partial charge < -0.3 is 10.2 Å². The standard InChI is InChI=1S/C13H16N4O/c1-2-5-16-13(18)11-4-3-8-17(10-11)12-9-14-6-7-15-12/h1,6-7,9,11H,3-5,8,10H2,(H,16,18). The van der Waals surface area contributed by atoms with Gasteiger partial charge >= 0.3 is 0 Å². The SMILES string of the molecule is C#CCNC(=O)C1CCCN(c2cnccn2)C1. The van der Waals surface area contributed by atoms with Crippen molar-refractivity contribution in [1.29, 1.82) is 0 Å². The summed E-state index contributed by atoms with van der Waals surface area (Å²) in [6.45, 7) is 1.88. The van der Waals surface area contributed by atoms with Crippen molar-refractivity contribution < 1.29 is 4.79 Å². The smallest absolute Gasteiger partial charge is 0.225 e. The van der Waals surface area contributed by atoms with Gasteiger partial charge in [-0.1, -0.05) is 5.92 Å². The zero-order chi connectivity index (χ0) is 12.8. The van der Waals surface area contributed by atoms with Crippen LogP contribution in [0, 0.1) is 18.3 Å². The van der Waals surface area contributed by atoms with E-state index in [1.807, 2.05) is 0 Å². The van der Waals surface area contributed by atoms with Crippen molar-refractivity contribution in [1.82, 2.24) is 15.3 Å². The fourth-order valence-electron chi connectivity index (χ4n) is 2.14. The lowest BCUT2D eigenvalue weighted by molar-refractivity contribution is -0.124. The number of nitrogens with zero attached hydrogens (tertiary/aromatic N) is 3. The van der Waals surface area contributed by atoms with E-state index in [4.69, 9.17) is 6.42 Å². The molecule has 1 fully saturated rings. The van der Waals surface area contributed by atoms with Gasteiger partial charge in [0.15, 0.2) is 0 Å². The number of rotatable bonds is 3. The number of anilines is 1. The highest BCUT2D eigenvalue weighted by molar-refractivity contribution is 5.79. The molecule has 1 aliphatic heterocycles. The van der Waals surface area contributed by atoms with Gasteiger partial charge in [0, 0.05) is 25.5 Å². The van der Waals surface area contributed by atoms with Gasteiger partial charge in [0.25, 0.3) is 0 Å². The summed E-state index contributed by atoms with van der Waals surface area (Å²) in [7, 11) is 0. The monoisotopic (exact) mass is 244 g/mol. The van der Waals surface area contributed by atoms with Gasteiger partial charge in [0.1, 0.15) is 5.82 Å². The van der Waals surface area contributed by atoms with E-state index in [0.29, 0.717) is 13.1 Å². The molecule has 0 bridgehead atoms. The molecule has 1 aromatic rings. The van der Waals surface area contributed by atoms with Crippen LogP contribution in [0.15, 0.2) is 18.6 Å². The lowest BCUT2D eigenvalue weighted by atomic mass is 9.97. The topological polar surface area (TPSA) is 58.1 Å². The number of terminal acetylenes is 1. The summed E-state index contributed by atoms with van der Waals surface area (Å²) in [4.78, 5) is 22.3. The van der Waals surface area contributed by atoms with Crippen molar-refractivity contribution in [2.24, 2.45) is 5.92 Å². The first kappa shape index (κ1) is 12.4. The summed E-state index contributed by atoms with van der Waals surface area (Å²) in [5.41, 5.74) is 0. The Morgan fingerprint density at radius 2 is 2.50 bits per heavy atom. The Balaban J connectivity index is 1.97. The largest absolute Gasteiger partial charge is 0.355 e. The Morgan fingerprint density at radius 3 is 3.22 bits per heavy atom. The number of aromatic nitrogens is 2. The van der Waals surface area contributed by atoms with E-state index in [0.717, 1.165) is 25.2 Å². The van der Waals surface area contributed by atoms with E-state index in [2.05, 4.69) is 26.1 Å². The molecule has 1 aliphatic rings. The predicted octanol–water partition coefficient (Wildman–Crippen LogP) is 0.442. The van der Waals surface area contributed by atoms with Crippen LogP contribution in [-0.2, 0) is 4.79 Å². The Labute approximate surface area is 107 Å². The molecule has 2 rings (SSSR count). The molecule has 0 aliphatic carbocycles. The van der Waals surface area contributed by atoms with Crippen molar-refractivity contribution in [3.63, 3.8) is 0 Å². The average Bonchev–Trinajstić information content (AvgIpc) is 2.46. The molecule has 94 valence electrons. The summed E-state index contributed by atoms with van der Waals surface area (Å²) < 4.78 is 0. The van der Waals surface area contributed by atoms with Crippen LogP contribution >= 0.6 is 0 Å². The second-order valence-electron chi connectivity index (χ2n) is 4.27. The highest BCUT2D eigenvalue weighted by Gasteiger charge is 2.26. The number of hydrogen-bond donors (Lipinski definition) is 1.